The van der Waals surface area contributed by atoms with E-state index in [1.807, 2.05) is 12.1 Å². The molecule has 7 heteroatoms. The summed E-state index contributed by atoms with van der Waals surface area (Å²) in [6, 6.07) is 7.18. The summed E-state index contributed by atoms with van der Waals surface area (Å²) < 4.78 is 25.6. The van der Waals surface area contributed by atoms with Crippen LogP contribution in [0.15, 0.2) is 24.3 Å². The highest BCUT2D eigenvalue weighted by atomic mass is 32.2. The van der Waals surface area contributed by atoms with Gasteiger partial charge in [-0.2, -0.15) is 0 Å². The van der Waals surface area contributed by atoms with E-state index in [1.54, 1.807) is 12.1 Å². The van der Waals surface area contributed by atoms with E-state index in [-0.39, 0.29) is 24.6 Å². The zero-order chi connectivity index (χ0) is 15.2. The second-order valence-electron chi connectivity index (χ2n) is 4.47. The van der Waals surface area contributed by atoms with Gasteiger partial charge >= 0.3 is 0 Å². The molecule has 20 heavy (non-hydrogen) atoms. The Morgan fingerprint density at radius 1 is 1.30 bits per heavy atom. The van der Waals surface area contributed by atoms with Crippen molar-refractivity contribution in [3.05, 3.63) is 35.4 Å². The van der Waals surface area contributed by atoms with Gasteiger partial charge in [0, 0.05) is 33.6 Å². The van der Waals surface area contributed by atoms with Gasteiger partial charge in [-0.3, -0.25) is 4.79 Å². The summed E-state index contributed by atoms with van der Waals surface area (Å²) in [6.07, 6.45) is 0.144. The normalized spacial score (nSPS) is 11.6. The zero-order valence-corrected chi connectivity index (χ0v) is 12.6. The number of nitrogens with two attached hydrogens (primary N) is 1. The van der Waals surface area contributed by atoms with Gasteiger partial charge in [-0.25, -0.2) is 12.7 Å². The molecule has 1 rings (SSSR count). The number of hydrogen-bond donors (Lipinski definition) is 2. The predicted octanol–water partition coefficient (Wildman–Crippen LogP) is 0.0430. The molecule has 112 valence electrons. The van der Waals surface area contributed by atoms with E-state index in [9.17, 15) is 13.2 Å². The maximum atomic E-state index is 12.2. The van der Waals surface area contributed by atoms with E-state index in [2.05, 4.69) is 5.32 Å². The Morgan fingerprint density at radius 2 is 1.90 bits per heavy atom. The van der Waals surface area contributed by atoms with Gasteiger partial charge in [0.15, 0.2) is 0 Å². The zero-order valence-electron chi connectivity index (χ0n) is 11.8. The lowest BCUT2D eigenvalue weighted by atomic mass is 10.1. The molecular weight excluding hydrogens is 278 g/mol. The number of carbonyl (C=O) groups is 1. The SMILES string of the molecule is CNC(=O)CCN(C)S(=O)(=O)Cc1ccccc1CN. The van der Waals surface area contributed by atoms with Gasteiger partial charge in [-0.15, -0.1) is 0 Å². The molecule has 0 aromatic heterocycles. The molecule has 0 heterocycles. The van der Waals surface area contributed by atoms with Gasteiger partial charge in [-0.05, 0) is 11.1 Å². The molecule has 0 saturated heterocycles. The van der Waals surface area contributed by atoms with Crippen molar-refractivity contribution in [2.45, 2.75) is 18.7 Å². The standard InChI is InChI=1S/C13H21N3O3S/c1-15-13(17)7-8-16(2)20(18,19)10-12-6-4-3-5-11(12)9-14/h3-6H,7-10,14H2,1-2H3,(H,15,17). The molecule has 0 aliphatic carbocycles. The minimum Gasteiger partial charge on any atom is -0.359 e. The summed E-state index contributed by atoms with van der Waals surface area (Å²) in [6.45, 7) is 0.459. The number of amides is 1. The van der Waals surface area contributed by atoms with Crippen molar-refractivity contribution >= 4 is 15.9 Å². The van der Waals surface area contributed by atoms with Crippen molar-refractivity contribution < 1.29 is 13.2 Å². The van der Waals surface area contributed by atoms with Crippen molar-refractivity contribution in [1.82, 2.24) is 9.62 Å². The molecule has 0 radical (unpaired) electrons. The molecule has 0 unspecified atom stereocenters. The average molecular weight is 299 g/mol. The van der Waals surface area contributed by atoms with Crippen LogP contribution in [0.3, 0.4) is 0 Å². The highest BCUT2D eigenvalue weighted by Crippen LogP contribution is 2.14. The van der Waals surface area contributed by atoms with Crippen molar-refractivity contribution in [3.63, 3.8) is 0 Å². The van der Waals surface area contributed by atoms with E-state index < -0.39 is 10.0 Å². The number of carbonyl (C=O) groups excluding carboxylic acids is 1. The van der Waals surface area contributed by atoms with Crippen molar-refractivity contribution in [2.75, 3.05) is 20.6 Å². The lowest BCUT2D eigenvalue weighted by molar-refractivity contribution is -0.120. The monoisotopic (exact) mass is 299 g/mol. The van der Waals surface area contributed by atoms with Crippen molar-refractivity contribution in [2.24, 2.45) is 5.73 Å². The molecule has 0 spiro atoms. The van der Waals surface area contributed by atoms with Gasteiger partial charge in [0.25, 0.3) is 0 Å². The third-order valence-corrected chi connectivity index (χ3v) is 4.89. The van der Waals surface area contributed by atoms with Gasteiger partial charge < -0.3 is 11.1 Å². The molecule has 0 saturated carbocycles. The average Bonchev–Trinajstić information content (AvgIpc) is 2.44. The number of sulfonamides is 1. The molecule has 1 aromatic carbocycles. The molecule has 0 fully saturated rings. The van der Waals surface area contributed by atoms with Gasteiger partial charge in [-0.1, -0.05) is 24.3 Å². The first-order chi connectivity index (χ1) is 9.40. The number of benzene rings is 1. The van der Waals surface area contributed by atoms with E-state index in [0.29, 0.717) is 12.1 Å². The maximum Gasteiger partial charge on any atom is 0.221 e. The lowest BCUT2D eigenvalue weighted by Crippen LogP contribution is -2.32. The molecule has 0 aliphatic heterocycles. The fourth-order valence-corrected chi connectivity index (χ4v) is 2.99. The Bertz CT molecular complexity index is 558. The highest BCUT2D eigenvalue weighted by molar-refractivity contribution is 7.88. The molecule has 1 amide bonds. The first kappa shape index (κ1) is 16.6. The Labute approximate surface area is 120 Å². The highest BCUT2D eigenvalue weighted by Gasteiger charge is 2.20. The van der Waals surface area contributed by atoms with E-state index in [0.717, 1.165) is 5.56 Å². The summed E-state index contributed by atoms with van der Waals surface area (Å²) in [5.41, 5.74) is 7.11. The summed E-state index contributed by atoms with van der Waals surface area (Å²) in [5, 5.41) is 2.46. The first-order valence-corrected chi connectivity index (χ1v) is 7.93. The molecule has 0 bridgehead atoms. The van der Waals surface area contributed by atoms with Gasteiger partial charge in [0.05, 0.1) is 5.75 Å². The van der Waals surface area contributed by atoms with E-state index in [1.165, 1.54) is 18.4 Å². The van der Waals surface area contributed by atoms with Crippen LogP contribution in [0.2, 0.25) is 0 Å². The second kappa shape index (κ2) is 7.37. The third-order valence-electron chi connectivity index (χ3n) is 3.08. The largest absolute Gasteiger partial charge is 0.359 e. The number of rotatable bonds is 7. The Balaban J connectivity index is 2.76. The van der Waals surface area contributed by atoms with Crippen molar-refractivity contribution in [3.8, 4) is 0 Å². The predicted molar refractivity (Wildman–Crippen MR) is 78.3 cm³/mol. The van der Waals surface area contributed by atoms with Crippen molar-refractivity contribution in [1.29, 1.82) is 0 Å². The topological polar surface area (TPSA) is 92.5 Å². The van der Waals surface area contributed by atoms with Crippen LogP contribution < -0.4 is 11.1 Å². The summed E-state index contributed by atoms with van der Waals surface area (Å²) in [5.74, 6) is -0.292. The molecule has 3 N–H and O–H groups in total. The minimum atomic E-state index is -3.45. The third kappa shape index (κ3) is 4.59. The Morgan fingerprint density at radius 3 is 2.45 bits per heavy atom. The second-order valence-corrected chi connectivity index (χ2v) is 6.55. The lowest BCUT2D eigenvalue weighted by Gasteiger charge is -2.17. The summed E-state index contributed by atoms with van der Waals surface area (Å²) in [4.78, 5) is 11.2. The molecule has 1 aromatic rings. The van der Waals surface area contributed by atoms with Crippen LogP contribution in [0, 0.1) is 0 Å². The smallest absolute Gasteiger partial charge is 0.221 e. The fourth-order valence-electron chi connectivity index (χ4n) is 1.73. The summed E-state index contributed by atoms with van der Waals surface area (Å²) in [7, 11) is -0.454. The fraction of sp³-hybridized carbons (Fsp3) is 0.462. The Hall–Kier alpha value is -1.44. The summed E-state index contributed by atoms with van der Waals surface area (Å²) >= 11 is 0. The van der Waals surface area contributed by atoms with Gasteiger partial charge in [0.2, 0.25) is 15.9 Å². The van der Waals surface area contributed by atoms with E-state index >= 15 is 0 Å². The van der Waals surface area contributed by atoms with Crippen LogP contribution in [0.1, 0.15) is 17.5 Å². The van der Waals surface area contributed by atoms with E-state index in [4.69, 9.17) is 5.73 Å². The van der Waals surface area contributed by atoms with Gasteiger partial charge in [0.1, 0.15) is 0 Å². The number of nitrogens with zero attached hydrogens (tertiary/aromatic N) is 1. The maximum absolute atomic E-state index is 12.2. The Kier molecular flexibility index (Phi) is 6.12. The molecule has 0 atom stereocenters. The molecular formula is C13H21N3O3S. The molecule has 6 nitrogen and oxygen atoms in total. The number of nitrogens with one attached hydrogen (secondary N) is 1. The van der Waals surface area contributed by atoms with Crippen LogP contribution >= 0.6 is 0 Å². The number of hydrogen-bond acceptors (Lipinski definition) is 4. The quantitative estimate of drug-likeness (QED) is 0.743. The molecule has 0 aliphatic rings. The first-order valence-electron chi connectivity index (χ1n) is 6.32. The van der Waals surface area contributed by atoms with Crippen LogP contribution in [-0.2, 0) is 27.1 Å². The van der Waals surface area contributed by atoms with Crippen LogP contribution in [0.4, 0.5) is 0 Å². The minimum absolute atomic E-state index is 0.107. The van der Waals surface area contributed by atoms with Crippen LogP contribution in [-0.4, -0.2) is 39.3 Å². The van der Waals surface area contributed by atoms with Crippen LogP contribution in [0.25, 0.3) is 0 Å². The van der Waals surface area contributed by atoms with Crippen LogP contribution in [0.5, 0.6) is 0 Å².